The Labute approximate surface area is 85.4 Å². The molecular formula is C10H20N2O2. The second-order valence-electron chi connectivity index (χ2n) is 5.03. The number of rotatable bonds is 0. The van der Waals surface area contributed by atoms with E-state index in [1.165, 1.54) is 0 Å². The molecule has 82 valence electrons. The van der Waals surface area contributed by atoms with Gasteiger partial charge in [-0.15, -0.1) is 0 Å². The molecule has 1 aliphatic heterocycles. The molecule has 1 aliphatic rings. The van der Waals surface area contributed by atoms with Crippen molar-refractivity contribution < 1.29 is 9.53 Å². The first kappa shape index (κ1) is 11.3. The third kappa shape index (κ3) is 2.87. The number of nitrogens with two attached hydrogens (primary N) is 1. The van der Waals surface area contributed by atoms with Crippen molar-refractivity contribution in [3.8, 4) is 0 Å². The molecule has 2 unspecified atom stereocenters. The molecular weight excluding hydrogens is 180 g/mol. The average molecular weight is 200 g/mol. The fraction of sp³-hybridized carbons (Fsp3) is 0.900. The van der Waals surface area contributed by atoms with Gasteiger partial charge in [0, 0.05) is 19.1 Å². The van der Waals surface area contributed by atoms with Crippen LogP contribution in [0.4, 0.5) is 4.79 Å². The highest BCUT2D eigenvalue weighted by molar-refractivity contribution is 5.68. The summed E-state index contributed by atoms with van der Waals surface area (Å²) < 4.78 is 5.25. The van der Waals surface area contributed by atoms with Gasteiger partial charge in [-0.25, -0.2) is 4.79 Å². The van der Waals surface area contributed by atoms with Crippen molar-refractivity contribution in [1.82, 2.24) is 4.90 Å². The van der Waals surface area contributed by atoms with Gasteiger partial charge in [0.1, 0.15) is 5.60 Å². The Kier molecular flexibility index (Phi) is 3.04. The summed E-state index contributed by atoms with van der Waals surface area (Å²) in [7, 11) is 0. The van der Waals surface area contributed by atoms with Crippen molar-refractivity contribution >= 4 is 6.09 Å². The summed E-state index contributed by atoms with van der Waals surface area (Å²) in [5.41, 5.74) is 5.40. The molecule has 0 radical (unpaired) electrons. The Bertz CT molecular complexity index is 213. The predicted octanol–water partition coefficient (Wildman–Crippen LogP) is 1.20. The van der Waals surface area contributed by atoms with E-state index in [1.54, 1.807) is 4.90 Å². The van der Waals surface area contributed by atoms with Crippen LogP contribution in [0.3, 0.4) is 0 Å². The Morgan fingerprint density at radius 2 is 2.00 bits per heavy atom. The fourth-order valence-corrected chi connectivity index (χ4v) is 1.47. The lowest BCUT2D eigenvalue weighted by molar-refractivity contribution is 0.0287. The molecule has 4 nitrogen and oxygen atoms in total. The van der Waals surface area contributed by atoms with Crippen LogP contribution < -0.4 is 5.73 Å². The fourth-order valence-electron chi connectivity index (χ4n) is 1.47. The number of carbonyl (C=O) groups excluding carboxylic acids is 1. The SMILES string of the molecule is CC1CN(C(=O)OC(C)(C)C)CC1N. The number of nitrogens with zero attached hydrogens (tertiary/aromatic N) is 1. The van der Waals surface area contributed by atoms with Crippen LogP contribution in [0.15, 0.2) is 0 Å². The average Bonchev–Trinajstić information content (AvgIpc) is 2.28. The zero-order valence-corrected chi connectivity index (χ0v) is 9.41. The van der Waals surface area contributed by atoms with E-state index in [9.17, 15) is 4.79 Å². The highest BCUT2D eigenvalue weighted by Gasteiger charge is 2.32. The third-order valence-electron chi connectivity index (χ3n) is 2.32. The minimum Gasteiger partial charge on any atom is -0.444 e. The van der Waals surface area contributed by atoms with E-state index in [4.69, 9.17) is 10.5 Å². The number of hydrogen-bond acceptors (Lipinski definition) is 3. The Morgan fingerprint density at radius 1 is 1.43 bits per heavy atom. The molecule has 1 heterocycles. The van der Waals surface area contributed by atoms with E-state index in [1.807, 2.05) is 20.8 Å². The zero-order chi connectivity index (χ0) is 10.9. The molecule has 2 atom stereocenters. The molecule has 0 aromatic heterocycles. The molecule has 1 fully saturated rings. The van der Waals surface area contributed by atoms with Crippen molar-refractivity contribution in [2.24, 2.45) is 11.7 Å². The molecule has 2 N–H and O–H groups in total. The minimum atomic E-state index is -0.424. The van der Waals surface area contributed by atoms with Crippen LogP contribution in [0.1, 0.15) is 27.7 Å². The molecule has 0 saturated carbocycles. The van der Waals surface area contributed by atoms with E-state index in [2.05, 4.69) is 6.92 Å². The molecule has 0 aliphatic carbocycles. The van der Waals surface area contributed by atoms with Crippen molar-refractivity contribution in [1.29, 1.82) is 0 Å². The quantitative estimate of drug-likeness (QED) is 0.639. The van der Waals surface area contributed by atoms with Crippen LogP contribution >= 0.6 is 0 Å². The summed E-state index contributed by atoms with van der Waals surface area (Å²) in [4.78, 5) is 13.3. The number of carbonyl (C=O) groups is 1. The van der Waals surface area contributed by atoms with E-state index in [-0.39, 0.29) is 12.1 Å². The van der Waals surface area contributed by atoms with Gasteiger partial charge in [-0.3, -0.25) is 0 Å². The second kappa shape index (κ2) is 3.77. The maximum atomic E-state index is 11.6. The van der Waals surface area contributed by atoms with E-state index in [0.29, 0.717) is 19.0 Å². The van der Waals surface area contributed by atoms with Gasteiger partial charge in [0.15, 0.2) is 0 Å². The Hall–Kier alpha value is -0.770. The molecule has 1 saturated heterocycles. The van der Waals surface area contributed by atoms with Gasteiger partial charge in [-0.2, -0.15) is 0 Å². The largest absolute Gasteiger partial charge is 0.444 e. The summed E-state index contributed by atoms with van der Waals surface area (Å²) in [5.74, 6) is 0.363. The van der Waals surface area contributed by atoms with Crippen molar-refractivity contribution in [2.75, 3.05) is 13.1 Å². The third-order valence-corrected chi connectivity index (χ3v) is 2.32. The van der Waals surface area contributed by atoms with E-state index >= 15 is 0 Å². The molecule has 1 rings (SSSR count). The monoisotopic (exact) mass is 200 g/mol. The summed E-state index contributed by atoms with van der Waals surface area (Å²) in [6.45, 7) is 8.96. The first-order valence-corrected chi connectivity index (χ1v) is 5.03. The van der Waals surface area contributed by atoms with Crippen molar-refractivity contribution in [3.63, 3.8) is 0 Å². The molecule has 14 heavy (non-hydrogen) atoms. The molecule has 1 amide bonds. The molecule has 4 heteroatoms. The molecule has 0 aromatic carbocycles. The maximum absolute atomic E-state index is 11.6. The first-order valence-electron chi connectivity index (χ1n) is 5.03. The highest BCUT2D eigenvalue weighted by Crippen LogP contribution is 2.17. The van der Waals surface area contributed by atoms with E-state index in [0.717, 1.165) is 0 Å². The van der Waals surface area contributed by atoms with Crippen LogP contribution in [0.25, 0.3) is 0 Å². The Morgan fingerprint density at radius 3 is 2.36 bits per heavy atom. The van der Waals surface area contributed by atoms with Gasteiger partial charge in [-0.05, 0) is 26.7 Å². The van der Waals surface area contributed by atoms with Crippen molar-refractivity contribution in [2.45, 2.75) is 39.3 Å². The lowest BCUT2D eigenvalue weighted by atomic mass is 10.1. The Balaban J connectivity index is 2.48. The van der Waals surface area contributed by atoms with Crippen LogP contribution in [0, 0.1) is 5.92 Å². The van der Waals surface area contributed by atoms with Gasteiger partial charge in [-0.1, -0.05) is 6.92 Å². The van der Waals surface area contributed by atoms with Gasteiger partial charge in [0.05, 0.1) is 0 Å². The summed E-state index contributed by atoms with van der Waals surface area (Å²) in [6.07, 6.45) is -0.252. The molecule has 0 bridgehead atoms. The number of hydrogen-bond donors (Lipinski definition) is 1. The van der Waals surface area contributed by atoms with Crippen LogP contribution in [0.2, 0.25) is 0 Å². The maximum Gasteiger partial charge on any atom is 0.410 e. The number of amides is 1. The van der Waals surface area contributed by atoms with Gasteiger partial charge in [0.2, 0.25) is 0 Å². The van der Waals surface area contributed by atoms with Crippen molar-refractivity contribution in [3.05, 3.63) is 0 Å². The molecule has 0 aromatic rings. The number of likely N-dealkylation sites (tertiary alicyclic amines) is 1. The normalized spacial score (nSPS) is 27.9. The summed E-state index contributed by atoms with van der Waals surface area (Å²) in [6, 6.07) is 0.0857. The topological polar surface area (TPSA) is 55.6 Å². The zero-order valence-electron chi connectivity index (χ0n) is 9.41. The second-order valence-corrected chi connectivity index (χ2v) is 5.03. The molecule has 0 spiro atoms. The van der Waals surface area contributed by atoms with Gasteiger partial charge < -0.3 is 15.4 Å². The number of ether oxygens (including phenoxy) is 1. The van der Waals surface area contributed by atoms with Gasteiger partial charge >= 0.3 is 6.09 Å². The minimum absolute atomic E-state index is 0.0857. The predicted molar refractivity (Wildman–Crippen MR) is 54.9 cm³/mol. The first-order chi connectivity index (χ1) is 6.29. The smallest absolute Gasteiger partial charge is 0.410 e. The standard InChI is InChI=1S/C10H20N2O2/c1-7-5-12(6-8(7)11)9(13)14-10(2,3)4/h7-8H,5-6,11H2,1-4H3. The highest BCUT2D eigenvalue weighted by atomic mass is 16.6. The van der Waals surface area contributed by atoms with Crippen LogP contribution in [0.5, 0.6) is 0 Å². The van der Waals surface area contributed by atoms with Crippen LogP contribution in [-0.4, -0.2) is 35.7 Å². The summed E-state index contributed by atoms with van der Waals surface area (Å²) in [5, 5.41) is 0. The lowest BCUT2D eigenvalue weighted by Gasteiger charge is -2.24. The van der Waals surface area contributed by atoms with Gasteiger partial charge in [0.25, 0.3) is 0 Å². The van der Waals surface area contributed by atoms with Crippen LogP contribution in [-0.2, 0) is 4.74 Å². The van der Waals surface area contributed by atoms with E-state index < -0.39 is 5.60 Å². The summed E-state index contributed by atoms with van der Waals surface area (Å²) >= 11 is 0. The lowest BCUT2D eigenvalue weighted by Crippen LogP contribution is -2.36.